The lowest BCUT2D eigenvalue weighted by Crippen LogP contribution is -2.28. The van der Waals surface area contributed by atoms with Crippen molar-refractivity contribution < 1.29 is 14.3 Å². The summed E-state index contributed by atoms with van der Waals surface area (Å²) >= 11 is 0. The Morgan fingerprint density at radius 3 is 2.88 bits per heavy atom. The molecular weight excluding hydrogens is 316 g/mol. The van der Waals surface area contributed by atoms with Crippen LogP contribution in [0.3, 0.4) is 0 Å². The Morgan fingerprint density at radius 2 is 2.16 bits per heavy atom. The highest BCUT2D eigenvalue weighted by Crippen LogP contribution is 2.32. The summed E-state index contributed by atoms with van der Waals surface area (Å²) in [7, 11) is 3.23. The Morgan fingerprint density at radius 1 is 1.28 bits per heavy atom. The van der Waals surface area contributed by atoms with Crippen molar-refractivity contribution in [3.63, 3.8) is 0 Å². The molecule has 1 fully saturated rings. The summed E-state index contributed by atoms with van der Waals surface area (Å²) in [5.74, 6) is 1.42. The fraction of sp³-hybridized carbons (Fsp3) is 0.300. The first-order valence-electron chi connectivity index (χ1n) is 8.33. The van der Waals surface area contributed by atoms with Gasteiger partial charge in [-0.1, -0.05) is 6.07 Å². The molecule has 1 unspecified atom stereocenters. The monoisotopic (exact) mass is 338 g/mol. The highest BCUT2D eigenvalue weighted by atomic mass is 16.5. The van der Waals surface area contributed by atoms with E-state index in [0.717, 1.165) is 36.3 Å². The van der Waals surface area contributed by atoms with Crippen LogP contribution in [0.15, 0.2) is 48.8 Å². The molecule has 130 valence electrons. The van der Waals surface area contributed by atoms with Gasteiger partial charge in [0, 0.05) is 30.6 Å². The molecule has 25 heavy (non-hydrogen) atoms. The van der Waals surface area contributed by atoms with Gasteiger partial charge in [-0.05, 0) is 48.7 Å². The van der Waals surface area contributed by atoms with Gasteiger partial charge in [0.2, 0.25) is 5.91 Å². The summed E-state index contributed by atoms with van der Waals surface area (Å²) in [5.41, 5.74) is 1.90. The van der Waals surface area contributed by atoms with E-state index in [1.807, 2.05) is 41.4 Å². The Labute approximate surface area is 147 Å². The van der Waals surface area contributed by atoms with Gasteiger partial charge >= 0.3 is 0 Å². The molecule has 1 aliphatic rings. The lowest BCUT2D eigenvalue weighted by molar-refractivity contribution is -0.126. The molecule has 2 heterocycles. The molecule has 1 aliphatic heterocycles. The molecule has 1 atom stereocenters. The van der Waals surface area contributed by atoms with E-state index in [1.165, 1.54) is 0 Å². The van der Waals surface area contributed by atoms with Crippen molar-refractivity contribution in [3.8, 4) is 11.5 Å². The zero-order valence-electron chi connectivity index (χ0n) is 14.5. The summed E-state index contributed by atoms with van der Waals surface area (Å²) in [6.45, 7) is 0.762. The van der Waals surface area contributed by atoms with Crippen LogP contribution < -0.4 is 9.47 Å². The van der Waals surface area contributed by atoms with Gasteiger partial charge in [-0.3, -0.25) is 9.78 Å². The first-order valence-corrected chi connectivity index (χ1v) is 8.33. The minimum atomic E-state index is -0.00349. The second-order valence-corrected chi connectivity index (χ2v) is 5.92. The Hall–Kier alpha value is -2.82. The Kier molecular flexibility index (Phi) is 5.33. The van der Waals surface area contributed by atoms with E-state index in [0.29, 0.717) is 5.75 Å². The van der Waals surface area contributed by atoms with Crippen molar-refractivity contribution in [2.24, 2.45) is 0 Å². The fourth-order valence-electron chi connectivity index (χ4n) is 3.18. The molecule has 1 saturated heterocycles. The number of benzene rings is 1. The molecular formula is C20H22N2O3. The third kappa shape index (κ3) is 3.82. The van der Waals surface area contributed by atoms with Crippen molar-refractivity contribution >= 4 is 12.0 Å². The van der Waals surface area contributed by atoms with Crippen molar-refractivity contribution in [1.82, 2.24) is 9.88 Å². The minimum absolute atomic E-state index is 0.00349. The molecule has 5 nitrogen and oxygen atoms in total. The van der Waals surface area contributed by atoms with Gasteiger partial charge in [0.25, 0.3) is 0 Å². The molecule has 0 spiro atoms. The van der Waals surface area contributed by atoms with Gasteiger partial charge < -0.3 is 14.4 Å². The Bertz CT molecular complexity index is 759. The van der Waals surface area contributed by atoms with Gasteiger partial charge in [0.15, 0.2) is 0 Å². The van der Waals surface area contributed by atoms with Crippen LogP contribution in [0.25, 0.3) is 6.08 Å². The number of aromatic nitrogens is 1. The number of hydrogen-bond acceptors (Lipinski definition) is 4. The molecule has 1 aromatic heterocycles. The minimum Gasteiger partial charge on any atom is -0.497 e. The van der Waals surface area contributed by atoms with E-state index in [2.05, 4.69) is 4.98 Å². The second kappa shape index (κ2) is 7.83. The van der Waals surface area contributed by atoms with Crippen LogP contribution >= 0.6 is 0 Å². The molecule has 3 rings (SSSR count). The number of ether oxygens (including phenoxy) is 2. The van der Waals surface area contributed by atoms with Crippen LogP contribution in [0, 0.1) is 0 Å². The third-order valence-corrected chi connectivity index (χ3v) is 4.45. The SMILES string of the molecule is COc1ccc(OC)c(/C=C/C(=O)N2CCCC2c2cccnc2)c1. The van der Waals surface area contributed by atoms with Gasteiger partial charge in [-0.15, -0.1) is 0 Å². The maximum absolute atomic E-state index is 12.7. The summed E-state index contributed by atoms with van der Waals surface area (Å²) in [4.78, 5) is 18.8. The molecule has 0 radical (unpaired) electrons. The first kappa shape index (κ1) is 17.0. The standard InChI is InChI=1S/C20H22N2O3/c1-24-17-8-9-19(25-2)15(13-17)7-10-20(23)22-12-4-6-18(22)16-5-3-11-21-14-16/h3,5,7-11,13-14,18H,4,6,12H2,1-2H3/b10-7+. The summed E-state index contributed by atoms with van der Waals surface area (Å²) in [6, 6.07) is 9.54. The number of methoxy groups -OCH3 is 2. The van der Waals surface area contributed by atoms with Crippen molar-refractivity contribution in [2.75, 3.05) is 20.8 Å². The van der Waals surface area contributed by atoms with Crippen LogP contribution in [0.2, 0.25) is 0 Å². The second-order valence-electron chi connectivity index (χ2n) is 5.92. The van der Waals surface area contributed by atoms with Gasteiger partial charge in [-0.25, -0.2) is 0 Å². The van der Waals surface area contributed by atoms with Gasteiger partial charge in [-0.2, -0.15) is 0 Å². The molecule has 0 bridgehead atoms. The molecule has 0 aliphatic carbocycles. The molecule has 2 aromatic rings. The average molecular weight is 338 g/mol. The van der Waals surface area contributed by atoms with Crippen LogP contribution in [0.4, 0.5) is 0 Å². The van der Waals surface area contributed by atoms with E-state index in [-0.39, 0.29) is 11.9 Å². The van der Waals surface area contributed by atoms with Crippen molar-refractivity contribution in [2.45, 2.75) is 18.9 Å². The zero-order valence-corrected chi connectivity index (χ0v) is 14.5. The fourth-order valence-corrected chi connectivity index (χ4v) is 3.18. The highest BCUT2D eigenvalue weighted by Gasteiger charge is 2.28. The van der Waals surface area contributed by atoms with Gasteiger partial charge in [0.05, 0.1) is 20.3 Å². The van der Waals surface area contributed by atoms with E-state index >= 15 is 0 Å². The summed E-state index contributed by atoms with van der Waals surface area (Å²) < 4.78 is 10.6. The van der Waals surface area contributed by atoms with Crippen LogP contribution in [-0.4, -0.2) is 36.6 Å². The molecule has 1 amide bonds. The number of pyridine rings is 1. The number of carbonyl (C=O) groups is 1. The maximum atomic E-state index is 12.7. The number of carbonyl (C=O) groups excluding carboxylic acids is 1. The lowest BCUT2D eigenvalue weighted by Gasteiger charge is -2.23. The number of likely N-dealkylation sites (tertiary alicyclic amines) is 1. The summed E-state index contributed by atoms with van der Waals surface area (Å²) in [6.07, 6.45) is 8.94. The van der Waals surface area contributed by atoms with E-state index in [9.17, 15) is 4.79 Å². The number of rotatable bonds is 5. The largest absolute Gasteiger partial charge is 0.497 e. The lowest BCUT2D eigenvalue weighted by atomic mass is 10.1. The van der Waals surface area contributed by atoms with Crippen molar-refractivity contribution in [3.05, 3.63) is 59.9 Å². The molecule has 0 saturated carbocycles. The van der Waals surface area contributed by atoms with Crippen LogP contribution in [0.5, 0.6) is 11.5 Å². The van der Waals surface area contributed by atoms with Crippen molar-refractivity contribution in [1.29, 1.82) is 0 Å². The highest BCUT2D eigenvalue weighted by molar-refractivity contribution is 5.92. The molecule has 1 aromatic carbocycles. The van der Waals surface area contributed by atoms with Crippen LogP contribution in [-0.2, 0) is 4.79 Å². The Balaban J connectivity index is 1.78. The first-order chi connectivity index (χ1) is 12.2. The number of amides is 1. The quantitative estimate of drug-likeness (QED) is 0.783. The van der Waals surface area contributed by atoms with Gasteiger partial charge in [0.1, 0.15) is 11.5 Å². The smallest absolute Gasteiger partial charge is 0.247 e. The van der Waals surface area contributed by atoms with Crippen LogP contribution in [0.1, 0.15) is 30.0 Å². The van der Waals surface area contributed by atoms with E-state index < -0.39 is 0 Å². The van der Waals surface area contributed by atoms with E-state index in [1.54, 1.807) is 32.6 Å². The topological polar surface area (TPSA) is 51.7 Å². The number of nitrogens with zero attached hydrogens (tertiary/aromatic N) is 2. The van der Waals surface area contributed by atoms with E-state index in [4.69, 9.17) is 9.47 Å². The molecule has 5 heteroatoms. The maximum Gasteiger partial charge on any atom is 0.247 e. The normalized spacial score (nSPS) is 17.0. The summed E-state index contributed by atoms with van der Waals surface area (Å²) in [5, 5.41) is 0. The zero-order chi connectivity index (χ0) is 17.6. The number of hydrogen-bond donors (Lipinski definition) is 0. The predicted molar refractivity (Wildman–Crippen MR) is 96.5 cm³/mol. The average Bonchev–Trinajstić information content (AvgIpc) is 3.16. The molecule has 0 N–H and O–H groups in total. The predicted octanol–water partition coefficient (Wildman–Crippen LogP) is 3.48. The third-order valence-electron chi connectivity index (χ3n) is 4.45.